The Balaban J connectivity index is 1.81. The number of fused-ring (bicyclic) bond motifs is 1. The SMILES string of the molecule is CCCN(CC)C(=Nc1cc(C(C)(C)C)cc2cc(C(C)(C)C)cc(N=C(N3CCCCC3)N3CCCCC3)c12)N1CCCCC1. The largest absolute Gasteiger partial charge is 0.343 e. The second-order valence-corrected chi connectivity index (χ2v) is 16.1. The van der Waals surface area contributed by atoms with Gasteiger partial charge in [-0.3, -0.25) is 0 Å². The first-order valence-electron chi connectivity index (χ1n) is 18.8. The Hall–Kier alpha value is -2.76. The molecule has 5 rings (SSSR count). The maximum atomic E-state index is 5.75. The standard InChI is InChI=1S/C40H64N6/c1-9-20-43(10-2)37(44-21-14-11-15-22-44)41-34-29-32(39(3,4)5)27-31-28-33(40(6,7)8)30-35(36(31)34)42-38(45-23-16-12-17-24-45)46-25-18-13-19-26-46/h27-30H,9-26H2,1-8H3. The van der Waals surface area contributed by atoms with Gasteiger partial charge in [-0.25, -0.2) is 9.98 Å². The molecule has 0 spiro atoms. The van der Waals surface area contributed by atoms with Gasteiger partial charge in [0.15, 0.2) is 0 Å². The highest BCUT2D eigenvalue weighted by atomic mass is 15.4. The lowest BCUT2D eigenvalue weighted by atomic mass is 9.82. The molecule has 3 heterocycles. The minimum atomic E-state index is 0.00550. The number of nitrogens with zero attached hydrogens (tertiary/aromatic N) is 6. The van der Waals surface area contributed by atoms with Crippen LogP contribution in [0, 0.1) is 0 Å². The molecule has 6 nitrogen and oxygen atoms in total. The van der Waals surface area contributed by atoms with E-state index in [1.807, 2.05) is 0 Å². The van der Waals surface area contributed by atoms with Crippen LogP contribution in [0.25, 0.3) is 10.8 Å². The van der Waals surface area contributed by atoms with Gasteiger partial charge in [0.25, 0.3) is 0 Å². The molecule has 0 unspecified atom stereocenters. The highest BCUT2D eigenvalue weighted by Crippen LogP contribution is 2.42. The molecule has 0 aromatic heterocycles. The average Bonchev–Trinajstić information content (AvgIpc) is 3.05. The van der Waals surface area contributed by atoms with Crippen LogP contribution in [0.15, 0.2) is 34.3 Å². The molecule has 0 saturated carbocycles. The molecule has 6 heteroatoms. The van der Waals surface area contributed by atoms with Gasteiger partial charge in [0.2, 0.25) is 11.9 Å². The number of likely N-dealkylation sites (tertiary alicyclic amines) is 3. The number of hydrogen-bond donors (Lipinski definition) is 0. The molecule has 2 aromatic carbocycles. The number of hydrogen-bond acceptors (Lipinski definition) is 2. The summed E-state index contributed by atoms with van der Waals surface area (Å²) in [6.45, 7) is 27.2. The van der Waals surface area contributed by atoms with E-state index in [4.69, 9.17) is 9.98 Å². The molecular weight excluding hydrogens is 564 g/mol. The highest BCUT2D eigenvalue weighted by Gasteiger charge is 2.27. The second kappa shape index (κ2) is 15.0. The maximum absolute atomic E-state index is 5.75. The molecule has 0 aliphatic carbocycles. The third-order valence-corrected chi connectivity index (χ3v) is 10.3. The zero-order chi connectivity index (χ0) is 32.9. The number of aliphatic imine (C=N–C) groups is 2. The van der Waals surface area contributed by atoms with Gasteiger partial charge in [-0.2, -0.15) is 0 Å². The summed E-state index contributed by atoms with van der Waals surface area (Å²) in [5, 5.41) is 2.47. The fourth-order valence-electron chi connectivity index (χ4n) is 7.36. The van der Waals surface area contributed by atoms with Crippen molar-refractivity contribution in [3.8, 4) is 0 Å². The molecule has 0 amide bonds. The van der Waals surface area contributed by atoms with Crippen LogP contribution in [-0.4, -0.2) is 83.9 Å². The fourth-order valence-corrected chi connectivity index (χ4v) is 7.36. The van der Waals surface area contributed by atoms with Crippen LogP contribution in [-0.2, 0) is 10.8 Å². The van der Waals surface area contributed by atoms with E-state index in [2.05, 4.69) is 99.3 Å². The lowest BCUT2D eigenvalue weighted by Crippen LogP contribution is -2.48. The van der Waals surface area contributed by atoms with E-state index in [1.165, 1.54) is 85.6 Å². The van der Waals surface area contributed by atoms with E-state index in [1.54, 1.807) is 0 Å². The van der Waals surface area contributed by atoms with E-state index in [-0.39, 0.29) is 10.8 Å². The second-order valence-electron chi connectivity index (χ2n) is 16.1. The van der Waals surface area contributed by atoms with E-state index < -0.39 is 0 Å². The zero-order valence-corrected chi connectivity index (χ0v) is 30.7. The summed E-state index contributed by atoms with van der Waals surface area (Å²) in [4.78, 5) is 21.8. The van der Waals surface area contributed by atoms with E-state index in [0.29, 0.717) is 0 Å². The smallest absolute Gasteiger partial charge is 0.201 e. The summed E-state index contributed by atoms with van der Waals surface area (Å²) >= 11 is 0. The minimum Gasteiger partial charge on any atom is -0.343 e. The van der Waals surface area contributed by atoms with Gasteiger partial charge in [0.05, 0.1) is 11.4 Å². The quantitative estimate of drug-likeness (QED) is 0.244. The number of guanidine groups is 2. The van der Waals surface area contributed by atoms with Crippen molar-refractivity contribution in [3.05, 3.63) is 35.4 Å². The average molecular weight is 629 g/mol. The van der Waals surface area contributed by atoms with Crippen molar-refractivity contribution >= 4 is 34.1 Å². The van der Waals surface area contributed by atoms with Crippen molar-refractivity contribution in [1.29, 1.82) is 0 Å². The van der Waals surface area contributed by atoms with Crippen molar-refractivity contribution < 1.29 is 0 Å². The number of benzene rings is 2. The van der Waals surface area contributed by atoms with E-state index >= 15 is 0 Å². The fraction of sp³-hybridized carbons (Fsp3) is 0.700. The van der Waals surface area contributed by atoms with Crippen LogP contribution >= 0.6 is 0 Å². The van der Waals surface area contributed by atoms with Gasteiger partial charge in [-0.15, -0.1) is 0 Å². The van der Waals surface area contributed by atoms with Crippen LogP contribution in [0.4, 0.5) is 11.4 Å². The number of rotatable bonds is 5. The van der Waals surface area contributed by atoms with Crippen LogP contribution < -0.4 is 0 Å². The van der Waals surface area contributed by atoms with Crippen molar-refractivity contribution in [3.63, 3.8) is 0 Å². The van der Waals surface area contributed by atoms with Gasteiger partial charge in [-0.05, 0) is 111 Å². The summed E-state index contributed by atoms with van der Waals surface area (Å²) < 4.78 is 0. The summed E-state index contributed by atoms with van der Waals surface area (Å²) in [7, 11) is 0. The lowest BCUT2D eigenvalue weighted by Gasteiger charge is -2.38. The zero-order valence-electron chi connectivity index (χ0n) is 30.7. The molecule has 3 aliphatic heterocycles. The highest BCUT2D eigenvalue weighted by molar-refractivity contribution is 6.05. The Morgan fingerprint density at radius 2 is 1.04 bits per heavy atom. The third kappa shape index (κ3) is 8.20. The predicted molar refractivity (Wildman–Crippen MR) is 199 cm³/mol. The summed E-state index contributed by atoms with van der Waals surface area (Å²) in [6.07, 6.45) is 12.6. The van der Waals surface area contributed by atoms with E-state index in [9.17, 15) is 0 Å². The van der Waals surface area contributed by atoms with Crippen LogP contribution in [0.2, 0.25) is 0 Å². The van der Waals surface area contributed by atoms with Gasteiger partial charge < -0.3 is 19.6 Å². The van der Waals surface area contributed by atoms with Crippen molar-refractivity contribution in [1.82, 2.24) is 19.6 Å². The van der Waals surface area contributed by atoms with Crippen LogP contribution in [0.1, 0.15) is 131 Å². The maximum Gasteiger partial charge on any atom is 0.201 e. The molecule has 3 saturated heterocycles. The first-order chi connectivity index (χ1) is 22.0. The summed E-state index contributed by atoms with van der Waals surface area (Å²) in [5.41, 5.74) is 4.86. The normalized spacial score (nSPS) is 18.7. The van der Waals surface area contributed by atoms with E-state index in [0.717, 1.165) is 76.1 Å². The van der Waals surface area contributed by atoms with Gasteiger partial charge >= 0.3 is 0 Å². The molecule has 46 heavy (non-hydrogen) atoms. The molecule has 3 fully saturated rings. The summed E-state index contributed by atoms with van der Waals surface area (Å²) in [5.74, 6) is 2.34. The monoisotopic (exact) mass is 629 g/mol. The minimum absolute atomic E-state index is 0.00550. The Morgan fingerprint density at radius 3 is 1.46 bits per heavy atom. The molecule has 0 radical (unpaired) electrons. The Bertz CT molecular complexity index is 1240. The third-order valence-electron chi connectivity index (χ3n) is 10.3. The molecular formula is C40H64N6. The molecule has 3 aliphatic rings. The lowest BCUT2D eigenvalue weighted by molar-refractivity contribution is 0.257. The van der Waals surface area contributed by atoms with Crippen LogP contribution in [0.3, 0.4) is 0 Å². The predicted octanol–water partition coefficient (Wildman–Crippen LogP) is 9.60. The first-order valence-corrected chi connectivity index (χ1v) is 18.8. The molecule has 0 atom stereocenters. The molecule has 2 aromatic rings. The van der Waals surface area contributed by atoms with Crippen LogP contribution in [0.5, 0.6) is 0 Å². The summed E-state index contributed by atoms with van der Waals surface area (Å²) in [6, 6.07) is 9.67. The van der Waals surface area contributed by atoms with Gasteiger partial charge in [0, 0.05) is 57.7 Å². The topological polar surface area (TPSA) is 37.7 Å². The first kappa shape index (κ1) is 34.6. The van der Waals surface area contributed by atoms with Crippen molar-refractivity contribution in [2.75, 3.05) is 52.4 Å². The molecule has 0 bridgehead atoms. The molecule has 0 N–H and O–H groups in total. The van der Waals surface area contributed by atoms with Gasteiger partial charge in [-0.1, -0.05) is 60.6 Å². The van der Waals surface area contributed by atoms with Crippen molar-refractivity contribution in [2.45, 2.75) is 130 Å². The Kier molecular flexibility index (Phi) is 11.3. The Morgan fingerprint density at radius 1 is 0.609 bits per heavy atom. The van der Waals surface area contributed by atoms with Crippen molar-refractivity contribution in [2.24, 2.45) is 9.98 Å². The Labute approximate surface area is 281 Å². The number of piperidine rings is 3. The van der Waals surface area contributed by atoms with Gasteiger partial charge in [0.1, 0.15) is 0 Å². The molecule has 254 valence electrons.